The largest absolute Gasteiger partial charge is 0.465 e. The molecule has 4 atom stereocenters. The van der Waals surface area contributed by atoms with Crippen LogP contribution in [0.2, 0.25) is 0 Å². The van der Waals surface area contributed by atoms with Crippen LogP contribution in [0.5, 0.6) is 0 Å². The number of nitrogens with one attached hydrogen (secondary N) is 4. The van der Waals surface area contributed by atoms with Crippen LogP contribution in [0, 0.1) is 6.92 Å². The third-order valence-electron chi connectivity index (χ3n) is 11.6. The number of nitrogens with zero attached hydrogens (tertiary/aromatic N) is 4. The average molecular weight is 851 g/mol. The number of benzene rings is 4. The molecule has 63 heavy (non-hydrogen) atoms. The molecule has 2 fully saturated rings. The van der Waals surface area contributed by atoms with Gasteiger partial charge in [0, 0.05) is 40.9 Å². The average Bonchev–Trinajstić information content (AvgIpc) is 4.04. The van der Waals surface area contributed by atoms with E-state index in [1.54, 1.807) is 72.8 Å². The monoisotopic (exact) mass is 850 g/mol. The highest BCUT2D eigenvalue weighted by Crippen LogP contribution is 2.35. The Kier molecular flexibility index (Phi) is 12.0. The molecule has 2 saturated heterocycles. The van der Waals surface area contributed by atoms with Gasteiger partial charge in [-0.15, -0.1) is 0 Å². The van der Waals surface area contributed by atoms with E-state index in [-0.39, 0.29) is 0 Å². The highest BCUT2D eigenvalue weighted by Gasteiger charge is 2.40. The van der Waals surface area contributed by atoms with Gasteiger partial charge in [-0.05, 0) is 80.1 Å². The molecule has 6 N–H and O–H groups in total. The number of hydrogen-bond donors (Lipinski definition) is 6. The van der Waals surface area contributed by atoms with E-state index in [0.717, 1.165) is 33.2 Å². The van der Waals surface area contributed by atoms with Gasteiger partial charge >= 0.3 is 12.2 Å². The molecule has 0 radical (unpaired) electrons. The Bertz CT molecular complexity index is 2560. The lowest BCUT2D eigenvalue weighted by atomic mass is 10.0. The van der Waals surface area contributed by atoms with E-state index in [0.29, 0.717) is 67.8 Å². The van der Waals surface area contributed by atoms with Crippen LogP contribution >= 0.6 is 0 Å². The van der Waals surface area contributed by atoms with Gasteiger partial charge in [-0.25, -0.2) is 9.59 Å². The zero-order valence-corrected chi connectivity index (χ0v) is 34.4. The maximum atomic E-state index is 14.0. The number of rotatable bonds is 12. The maximum Gasteiger partial charge on any atom is 0.405 e. The third kappa shape index (κ3) is 9.00. The maximum absolute atomic E-state index is 14.0. The lowest BCUT2D eigenvalue weighted by Crippen LogP contribution is -2.48. The molecule has 6 aromatic rings. The number of hydrogen-bond acceptors (Lipinski definition) is 7. The zero-order chi connectivity index (χ0) is 44.2. The Labute approximate surface area is 361 Å². The molecule has 322 valence electrons. The molecule has 0 aliphatic carbocycles. The van der Waals surface area contributed by atoms with Crippen molar-refractivity contribution in [2.75, 3.05) is 23.7 Å². The van der Waals surface area contributed by atoms with Gasteiger partial charge in [0.1, 0.15) is 24.2 Å². The molecule has 4 aromatic carbocycles. The Morgan fingerprint density at radius 3 is 1.51 bits per heavy atom. The van der Waals surface area contributed by atoms with Crippen LogP contribution in [0.1, 0.15) is 60.3 Å². The molecular formula is C47H46N8O8. The summed E-state index contributed by atoms with van der Waals surface area (Å²) in [5.41, 5.74) is 5.08. The fourth-order valence-corrected chi connectivity index (χ4v) is 8.77. The van der Waals surface area contributed by atoms with Crippen molar-refractivity contribution in [3.63, 3.8) is 0 Å². The highest BCUT2D eigenvalue weighted by atomic mass is 16.4. The second-order valence-electron chi connectivity index (χ2n) is 15.8. The Morgan fingerprint density at radius 1 is 0.619 bits per heavy atom. The minimum Gasteiger partial charge on any atom is -0.465 e. The first-order valence-electron chi connectivity index (χ1n) is 20.7. The molecule has 6 amide bonds. The number of carbonyl (C=O) groups is 6. The van der Waals surface area contributed by atoms with E-state index >= 15 is 0 Å². The van der Waals surface area contributed by atoms with Gasteiger partial charge in [0.2, 0.25) is 11.8 Å². The first kappa shape index (κ1) is 42.0. The number of carbonyl (C=O) groups excluding carboxylic acids is 4. The molecular weight excluding hydrogens is 805 g/mol. The van der Waals surface area contributed by atoms with Crippen molar-refractivity contribution >= 4 is 69.0 Å². The molecule has 2 aliphatic heterocycles. The number of amides is 6. The van der Waals surface area contributed by atoms with Crippen molar-refractivity contribution in [2.24, 2.45) is 0 Å². The molecule has 2 aliphatic rings. The van der Waals surface area contributed by atoms with Crippen molar-refractivity contribution in [1.29, 1.82) is 0 Å². The molecule has 0 saturated carbocycles. The number of fused-ring (bicyclic) bond motifs is 3. The minimum absolute atomic E-state index is 0.294. The first-order chi connectivity index (χ1) is 30.4. The van der Waals surface area contributed by atoms with Gasteiger partial charge in [-0.2, -0.15) is 0 Å². The Morgan fingerprint density at radius 2 is 1.08 bits per heavy atom. The van der Waals surface area contributed by atoms with Crippen LogP contribution in [0.3, 0.4) is 0 Å². The van der Waals surface area contributed by atoms with E-state index in [4.69, 9.17) is 4.98 Å². The molecule has 16 nitrogen and oxygen atoms in total. The second kappa shape index (κ2) is 18.1. The third-order valence-corrected chi connectivity index (χ3v) is 11.6. The number of likely N-dealkylation sites (tertiary alicyclic amines) is 2. The fourth-order valence-electron chi connectivity index (χ4n) is 8.77. The number of aromatic nitrogens is 2. The van der Waals surface area contributed by atoms with Crippen LogP contribution in [0.15, 0.2) is 115 Å². The predicted octanol–water partition coefficient (Wildman–Crippen LogP) is 6.42. The molecule has 2 unspecified atom stereocenters. The minimum atomic E-state index is -1.35. The summed E-state index contributed by atoms with van der Waals surface area (Å²) in [4.78, 5) is 86.7. The summed E-state index contributed by atoms with van der Waals surface area (Å²) in [5, 5.41) is 31.5. The fraction of sp³-hybridized carbons (Fsp3) is 0.255. The van der Waals surface area contributed by atoms with Gasteiger partial charge in [-0.3, -0.25) is 24.2 Å². The zero-order valence-electron chi connectivity index (χ0n) is 34.4. The normalized spacial score (nSPS) is 17.0. The van der Waals surface area contributed by atoms with Crippen LogP contribution in [-0.2, 0) is 25.7 Å². The molecule has 0 bridgehead atoms. The van der Waals surface area contributed by atoms with Crippen LogP contribution in [-0.4, -0.2) is 90.6 Å². The van der Waals surface area contributed by atoms with Gasteiger partial charge in [0.25, 0.3) is 11.8 Å². The highest BCUT2D eigenvalue weighted by molar-refractivity contribution is 6.11. The van der Waals surface area contributed by atoms with Crippen LogP contribution in [0.25, 0.3) is 21.8 Å². The lowest BCUT2D eigenvalue weighted by Gasteiger charge is -2.28. The first-order valence-corrected chi connectivity index (χ1v) is 20.7. The number of anilines is 2. The van der Waals surface area contributed by atoms with Crippen molar-refractivity contribution in [1.82, 2.24) is 30.0 Å². The molecule has 4 heterocycles. The molecule has 8 rings (SSSR count). The van der Waals surface area contributed by atoms with Gasteiger partial charge in [0.15, 0.2) is 0 Å². The van der Waals surface area contributed by atoms with E-state index in [1.165, 1.54) is 9.80 Å². The van der Waals surface area contributed by atoms with E-state index in [1.807, 2.05) is 49.4 Å². The van der Waals surface area contributed by atoms with Gasteiger partial charge in [0.05, 0.1) is 23.3 Å². The molecule has 16 heteroatoms. The number of aryl methyl sites for hydroxylation is 1. The smallest absolute Gasteiger partial charge is 0.405 e. The van der Waals surface area contributed by atoms with Crippen LogP contribution < -0.4 is 21.3 Å². The van der Waals surface area contributed by atoms with E-state index in [9.17, 15) is 39.0 Å². The topological polar surface area (TPSA) is 215 Å². The summed E-state index contributed by atoms with van der Waals surface area (Å²) in [6.07, 6.45) is -0.760. The lowest BCUT2D eigenvalue weighted by molar-refractivity contribution is -0.138. The standard InChI is InChI=1S/C47H46N8O8/c1-28-11-8-16-33(48-28)27-55-38-25-31(49-42(56)36-17-9-23-53(36)44(58)40(51-46(60)61)29-12-4-2-5-13-29)19-21-34(38)35-22-20-32(26-39(35)55)50-43(57)37-18-10-24-54(37)45(59)41(52-47(62)63)30-14-6-3-7-15-30/h2-8,11-16,19-22,25-26,36-37,40-41,51-52H,9-10,17-18,23-24,27H2,1H3,(H,49,56)(H,50,57)(H,60,61)(H,62,63)/t36-,37-,40?,41?/m0/s1. The van der Waals surface area contributed by atoms with Crippen molar-refractivity contribution in [3.05, 3.63) is 138 Å². The predicted molar refractivity (Wildman–Crippen MR) is 235 cm³/mol. The summed E-state index contributed by atoms with van der Waals surface area (Å²) >= 11 is 0. The summed E-state index contributed by atoms with van der Waals surface area (Å²) in [6.45, 7) is 2.84. The van der Waals surface area contributed by atoms with Crippen LogP contribution in [0.4, 0.5) is 21.0 Å². The molecule has 2 aromatic heterocycles. The summed E-state index contributed by atoms with van der Waals surface area (Å²) in [7, 11) is 0. The number of carboxylic acid groups (broad SMARTS) is 2. The van der Waals surface area contributed by atoms with Crippen molar-refractivity contribution < 1.29 is 39.0 Å². The van der Waals surface area contributed by atoms with Crippen molar-refractivity contribution in [2.45, 2.75) is 63.3 Å². The molecule has 0 spiro atoms. The summed E-state index contributed by atoms with van der Waals surface area (Å²) in [6, 6.07) is 29.9. The van der Waals surface area contributed by atoms with Gasteiger partial charge < -0.3 is 45.8 Å². The quantitative estimate of drug-likeness (QED) is 0.0800. The number of pyridine rings is 1. The van der Waals surface area contributed by atoms with Crippen molar-refractivity contribution in [3.8, 4) is 0 Å². The van der Waals surface area contributed by atoms with E-state index < -0.39 is 60.0 Å². The van der Waals surface area contributed by atoms with Gasteiger partial charge in [-0.1, -0.05) is 78.9 Å². The Hall–Kier alpha value is -7.75. The van der Waals surface area contributed by atoms with E-state index in [2.05, 4.69) is 25.8 Å². The summed E-state index contributed by atoms with van der Waals surface area (Å²) in [5.74, 6) is -1.82. The Balaban J connectivity index is 1.07. The summed E-state index contributed by atoms with van der Waals surface area (Å²) < 4.78 is 2.05. The SMILES string of the molecule is Cc1cccc(Cn2c3cc(NC(=O)[C@@H]4CCCN4C(=O)C(NC(=O)O)c4ccccc4)ccc3c3ccc(NC(=O)[C@@H]4CCCN4C(=O)C(NC(=O)O)c4ccccc4)cc32)n1. The second-order valence-corrected chi connectivity index (χ2v) is 15.8.